The van der Waals surface area contributed by atoms with Gasteiger partial charge in [-0.3, -0.25) is 18.9 Å². The molecule has 3 atom stereocenters. The highest BCUT2D eigenvalue weighted by atomic mass is 32.2. The van der Waals surface area contributed by atoms with Gasteiger partial charge in [0.05, 0.1) is 17.9 Å². The van der Waals surface area contributed by atoms with Gasteiger partial charge in [-0.15, -0.1) is 0 Å². The predicted molar refractivity (Wildman–Crippen MR) is 165 cm³/mol. The molecular weight excluding hydrogens is 570 g/mol. The van der Waals surface area contributed by atoms with Gasteiger partial charge < -0.3 is 14.8 Å². The number of carbonyl (C=O) groups is 3. The van der Waals surface area contributed by atoms with E-state index in [2.05, 4.69) is 17.4 Å². The molecular formula is C33H41NO8S. The number of nitrogens with one attached hydrogen (secondary N) is 1. The molecule has 3 aromatic carbocycles. The van der Waals surface area contributed by atoms with Crippen molar-refractivity contribution in [2.24, 2.45) is 5.92 Å². The predicted octanol–water partition coefficient (Wildman–Crippen LogP) is 5.34. The number of hydrogen-bond acceptors (Lipinski definition) is 7. The summed E-state index contributed by atoms with van der Waals surface area (Å²) in [5, 5.41) is 2.43. The monoisotopic (exact) mass is 611 g/mol. The van der Waals surface area contributed by atoms with Gasteiger partial charge in [-0.25, -0.2) is 0 Å². The first-order valence-corrected chi connectivity index (χ1v) is 15.4. The van der Waals surface area contributed by atoms with E-state index in [-0.39, 0.29) is 17.6 Å². The second-order valence-electron chi connectivity index (χ2n) is 10.1. The minimum absolute atomic E-state index is 0.0581. The van der Waals surface area contributed by atoms with Gasteiger partial charge in [0, 0.05) is 20.6 Å². The van der Waals surface area contributed by atoms with Gasteiger partial charge in [0.15, 0.2) is 0 Å². The number of anilines is 1. The van der Waals surface area contributed by atoms with E-state index in [1.54, 1.807) is 14.0 Å². The van der Waals surface area contributed by atoms with Crippen LogP contribution in [0.15, 0.2) is 89.8 Å². The largest absolute Gasteiger partial charge is 0.381 e. The summed E-state index contributed by atoms with van der Waals surface area (Å²) in [4.78, 5) is 35.4. The molecule has 0 spiro atoms. The van der Waals surface area contributed by atoms with Crippen molar-refractivity contribution in [1.29, 1.82) is 0 Å². The van der Waals surface area contributed by atoms with Crippen LogP contribution in [0, 0.1) is 5.92 Å². The van der Waals surface area contributed by atoms with E-state index in [4.69, 9.17) is 9.47 Å². The van der Waals surface area contributed by atoms with Crippen LogP contribution in [0.1, 0.15) is 44.2 Å². The van der Waals surface area contributed by atoms with Crippen molar-refractivity contribution in [1.82, 2.24) is 0 Å². The fourth-order valence-electron chi connectivity index (χ4n) is 4.59. The van der Waals surface area contributed by atoms with E-state index >= 15 is 0 Å². The Bertz CT molecular complexity index is 1410. The minimum atomic E-state index is -4.53. The summed E-state index contributed by atoms with van der Waals surface area (Å²) in [7, 11) is -1.44. The van der Waals surface area contributed by atoms with Crippen LogP contribution in [0.2, 0.25) is 0 Å². The van der Waals surface area contributed by atoms with E-state index in [1.807, 2.05) is 48.5 Å². The number of methoxy groups -OCH3 is 2. The molecule has 9 nitrogen and oxygen atoms in total. The highest BCUT2D eigenvalue weighted by Crippen LogP contribution is 2.23. The van der Waals surface area contributed by atoms with Crippen LogP contribution in [0.25, 0.3) is 0 Å². The number of benzene rings is 3. The lowest BCUT2D eigenvalue weighted by atomic mass is 9.92. The van der Waals surface area contributed by atoms with Crippen molar-refractivity contribution < 1.29 is 36.8 Å². The van der Waals surface area contributed by atoms with Crippen LogP contribution in [0.4, 0.5) is 5.69 Å². The molecule has 2 N–H and O–H groups in total. The van der Waals surface area contributed by atoms with Crippen molar-refractivity contribution in [2.45, 2.75) is 63.1 Å². The number of para-hydroxylation sites is 1. The molecule has 43 heavy (non-hydrogen) atoms. The molecule has 10 heteroatoms. The summed E-state index contributed by atoms with van der Waals surface area (Å²) >= 11 is 0. The number of hydrogen-bond donors (Lipinski definition) is 2. The maximum atomic E-state index is 12.8. The quantitative estimate of drug-likeness (QED) is 0.174. The summed E-state index contributed by atoms with van der Waals surface area (Å²) < 4.78 is 43.0. The molecule has 1 amide bonds. The smallest absolute Gasteiger partial charge is 0.296 e. The summed E-state index contributed by atoms with van der Waals surface area (Å²) in [6.45, 7) is 2.89. The van der Waals surface area contributed by atoms with Crippen LogP contribution in [0.5, 0.6) is 0 Å². The highest BCUT2D eigenvalue weighted by molar-refractivity contribution is 7.86. The Labute approximate surface area is 254 Å². The fourth-order valence-corrected chi connectivity index (χ4v) is 5.24. The molecule has 3 rings (SSSR count). The number of aryl methyl sites for hydroxylation is 2. The molecule has 0 aliphatic heterocycles. The van der Waals surface area contributed by atoms with E-state index in [0.29, 0.717) is 19.3 Å². The number of carbonyl (C=O) groups excluding carboxylic acids is 3. The SMILES string of the molecule is COC(CCc1ccccc1)C(C(C)=O)C(=O)Nc1ccccc1S(=O)(=O)O.COC(CCc1ccccc1)CC(C)=O. The first-order valence-electron chi connectivity index (χ1n) is 14.0. The van der Waals surface area contributed by atoms with Crippen LogP contribution in [-0.4, -0.2) is 56.9 Å². The third-order valence-corrected chi connectivity index (χ3v) is 7.74. The zero-order valence-corrected chi connectivity index (χ0v) is 25.9. The second kappa shape index (κ2) is 18.1. The molecule has 0 radical (unpaired) electrons. The van der Waals surface area contributed by atoms with Crippen LogP contribution in [0.3, 0.4) is 0 Å². The second-order valence-corrected chi connectivity index (χ2v) is 11.5. The summed E-state index contributed by atoms with van der Waals surface area (Å²) in [6.07, 6.45) is 2.80. The van der Waals surface area contributed by atoms with Crippen molar-refractivity contribution in [2.75, 3.05) is 19.5 Å². The van der Waals surface area contributed by atoms with Gasteiger partial charge in [0.1, 0.15) is 22.4 Å². The number of Topliss-reactive ketones (excluding diaryl/α,β-unsaturated/α-hetero) is 2. The molecule has 0 aliphatic rings. The van der Waals surface area contributed by atoms with Gasteiger partial charge in [-0.1, -0.05) is 72.8 Å². The van der Waals surface area contributed by atoms with Crippen molar-refractivity contribution in [3.63, 3.8) is 0 Å². The number of ether oxygens (including phenoxy) is 2. The Morgan fingerprint density at radius 2 is 1.28 bits per heavy atom. The Kier molecular flexibility index (Phi) is 14.9. The topological polar surface area (TPSA) is 136 Å². The van der Waals surface area contributed by atoms with E-state index in [0.717, 1.165) is 24.5 Å². The van der Waals surface area contributed by atoms with Crippen LogP contribution in [-0.2, 0) is 46.8 Å². The highest BCUT2D eigenvalue weighted by Gasteiger charge is 2.33. The molecule has 0 aromatic heterocycles. The van der Waals surface area contributed by atoms with Crippen molar-refractivity contribution >= 4 is 33.3 Å². The summed E-state index contributed by atoms with van der Waals surface area (Å²) in [6, 6.07) is 25.3. The Balaban J connectivity index is 0.000000362. The summed E-state index contributed by atoms with van der Waals surface area (Å²) in [5.41, 5.74) is 2.24. The van der Waals surface area contributed by atoms with Crippen molar-refractivity contribution in [3.8, 4) is 0 Å². The maximum Gasteiger partial charge on any atom is 0.296 e. The molecule has 3 unspecified atom stereocenters. The molecule has 232 valence electrons. The zero-order valence-electron chi connectivity index (χ0n) is 25.1. The zero-order chi connectivity index (χ0) is 31.8. The lowest BCUT2D eigenvalue weighted by Gasteiger charge is -2.23. The van der Waals surface area contributed by atoms with Gasteiger partial charge >= 0.3 is 0 Å². The first kappa shape index (κ1) is 35.5. The normalized spacial score (nSPS) is 13.1. The average Bonchev–Trinajstić information content (AvgIpc) is 2.98. The van der Waals surface area contributed by atoms with Gasteiger partial charge in [0.2, 0.25) is 5.91 Å². The van der Waals surface area contributed by atoms with E-state index < -0.39 is 38.7 Å². The summed E-state index contributed by atoms with van der Waals surface area (Å²) in [5.74, 6) is -2.02. The molecule has 0 bridgehead atoms. The third kappa shape index (κ3) is 12.6. The number of rotatable bonds is 15. The van der Waals surface area contributed by atoms with Gasteiger partial charge in [0.25, 0.3) is 10.1 Å². The average molecular weight is 612 g/mol. The molecule has 0 saturated heterocycles. The van der Waals surface area contributed by atoms with Gasteiger partial charge in [-0.2, -0.15) is 8.42 Å². The van der Waals surface area contributed by atoms with E-state index in [9.17, 15) is 27.4 Å². The third-order valence-electron chi connectivity index (χ3n) is 6.82. The number of amides is 1. The lowest BCUT2D eigenvalue weighted by Crippen LogP contribution is -2.39. The van der Waals surface area contributed by atoms with Gasteiger partial charge in [-0.05, 0) is 62.8 Å². The maximum absolute atomic E-state index is 12.8. The molecule has 3 aromatic rings. The van der Waals surface area contributed by atoms with Crippen LogP contribution < -0.4 is 5.32 Å². The van der Waals surface area contributed by atoms with Crippen LogP contribution >= 0.6 is 0 Å². The standard InChI is InChI=1S/C20H23NO6S.C13H18O2/c1-14(22)19(17(27-2)13-12-15-8-4-3-5-9-15)20(23)21-16-10-6-7-11-18(16)28(24,25)26;1-11(14)10-13(15-2)9-8-12-6-4-3-5-7-12/h3-11,17,19H,12-13H2,1-2H3,(H,21,23)(H,24,25,26);3-7,13H,8-10H2,1-2H3. The van der Waals surface area contributed by atoms with Crippen molar-refractivity contribution in [3.05, 3.63) is 96.1 Å². The Morgan fingerprint density at radius 3 is 1.74 bits per heavy atom. The fraction of sp³-hybridized carbons (Fsp3) is 0.364. The molecule has 0 fully saturated rings. The van der Waals surface area contributed by atoms with E-state index in [1.165, 1.54) is 37.8 Å². The molecule has 0 saturated carbocycles. The Morgan fingerprint density at radius 1 is 0.767 bits per heavy atom. The lowest BCUT2D eigenvalue weighted by molar-refractivity contribution is -0.135. The molecule has 0 heterocycles. The molecule has 0 aliphatic carbocycles. The Hall–Kier alpha value is -3.70. The number of ketones is 2. The first-order chi connectivity index (χ1) is 20.5. The minimum Gasteiger partial charge on any atom is -0.381 e.